The van der Waals surface area contributed by atoms with E-state index >= 15 is 0 Å². The maximum atomic E-state index is 12.5. The Morgan fingerprint density at radius 1 is 1.23 bits per heavy atom. The molecule has 1 aliphatic carbocycles. The normalized spacial score (nSPS) is 16.4. The number of rotatable bonds is 5. The lowest BCUT2D eigenvalue weighted by molar-refractivity contribution is -0.129. The summed E-state index contributed by atoms with van der Waals surface area (Å²) in [5.74, 6) is 1.28. The molecule has 3 heterocycles. The van der Waals surface area contributed by atoms with Gasteiger partial charge in [-0.05, 0) is 44.4 Å². The highest BCUT2D eigenvalue weighted by Gasteiger charge is 2.56. The van der Waals surface area contributed by atoms with Gasteiger partial charge in [0.05, 0.1) is 23.2 Å². The van der Waals surface area contributed by atoms with Crippen LogP contribution >= 0.6 is 0 Å². The number of carbonyl (C=O) groups excluding carboxylic acids is 3. The number of likely N-dealkylation sites (N-methyl/N-ethyl adjacent to an activating group) is 1. The zero-order valence-electron chi connectivity index (χ0n) is 17.8. The van der Waals surface area contributed by atoms with E-state index in [1.807, 2.05) is 0 Å². The van der Waals surface area contributed by atoms with E-state index < -0.39 is 6.03 Å². The Kier molecular flexibility index (Phi) is 5.34. The Hall–Kier alpha value is -3.49. The number of urea groups is 1. The minimum atomic E-state index is -0.446. The van der Waals surface area contributed by atoms with Crippen LogP contribution in [0.1, 0.15) is 30.7 Å². The van der Waals surface area contributed by atoms with Crippen LogP contribution in [0.5, 0.6) is 11.5 Å². The molecule has 0 atom stereocenters. The topological polar surface area (TPSA) is 105 Å². The molecule has 0 bridgehead atoms. The van der Waals surface area contributed by atoms with Crippen LogP contribution in [0.15, 0.2) is 30.5 Å². The highest BCUT2D eigenvalue weighted by Crippen LogP contribution is 2.53. The van der Waals surface area contributed by atoms with Gasteiger partial charge in [-0.1, -0.05) is 0 Å². The van der Waals surface area contributed by atoms with E-state index in [0.29, 0.717) is 35.2 Å². The smallest absolute Gasteiger partial charge is 0.329 e. The zero-order chi connectivity index (χ0) is 22.2. The van der Waals surface area contributed by atoms with Gasteiger partial charge in [-0.15, -0.1) is 0 Å². The molecule has 2 aliphatic rings. The molecule has 31 heavy (non-hydrogen) atoms. The molecule has 9 nitrogen and oxygen atoms in total. The fourth-order valence-corrected chi connectivity index (χ4v) is 3.59. The molecular weight excluding hydrogens is 398 g/mol. The summed E-state index contributed by atoms with van der Waals surface area (Å²) in [5.41, 5.74) is 0.903. The first-order valence-corrected chi connectivity index (χ1v) is 10.2. The molecule has 4 amide bonds. The first-order chi connectivity index (χ1) is 14.8. The summed E-state index contributed by atoms with van der Waals surface area (Å²) in [7, 11) is 3.39. The van der Waals surface area contributed by atoms with Gasteiger partial charge in [0.15, 0.2) is 0 Å². The molecule has 2 aromatic rings. The van der Waals surface area contributed by atoms with Crippen LogP contribution in [-0.4, -0.2) is 58.3 Å². The SMILES string of the molecule is Cc1nc(NC(=O)N2CCC3(CC3)C2=O)ccc1Oc1ccnc(CC(=O)N(C)C)c1. The van der Waals surface area contributed by atoms with Crippen molar-refractivity contribution in [2.45, 2.75) is 32.6 Å². The van der Waals surface area contributed by atoms with E-state index in [2.05, 4.69) is 15.3 Å². The third-order valence-electron chi connectivity index (χ3n) is 5.73. The van der Waals surface area contributed by atoms with Crippen molar-refractivity contribution in [3.8, 4) is 11.5 Å². The molecule has 1 saturated heterocycles. The number of hydrogen-bond acceptors (Lipinski definition) is 6. The maximum absolute atomic E-state index is 12.5. The number of aryl methyl sites for hydroxylation is 1. The van der Waals surface area contributed by atoms with E-state index in [-0.39, 0.29) is 23.7 Å². The summed E-state index contributed by atoms with van der Waals surface area (Å²) in [4.78, 5) is 48.1. The van der Waals surface area contributed by atoms with Crippen molar-refractivity contribution in [3.05, 3.63) is 41.9 Å². The summed E-state index contributed by atoms with van der Waals surface area (Å²) >= 11 is 0. The Morgan fingerprint density at radius 3 is 2.65 bits per heavy atom. The Balaban J connectivity index is 1.40. The fraction of sp³-hybridized carbons (Fsp3) is 0.409. The number of anilines is 1. The van der Waals surface area contributed by atoms with Gasteiger partial charge in [-0.2, -0.15) is 0 Å². The lowest BCUT2D eigenvalue weighted by Gasteiger charge is -2.16. The van der Waals surface area contributed by atoms with Crippen LogP contribution in [0.25, 0.3) is 0 Å². The molecule has 4 rings (SSSR count). The maximum Gasteiger partial charge on any atom is 0.329 e. The number of carbonyl (C=O) groups is 3. The first-order valence-electron chi connectivity index (χ1n) is 10.2. The molecule has 9 heteroatoms. The average Bonchev–Trinajstić information content (AvgIpc) is 3.44. The van der Waals surface area contributed by atoms with Gasteiger partial charge in [0.1, 0.15) is 17.3 Å². The van der Waals surface area contributed by atoms with Gasteiger partial charge in [0.25, 0.3) is 0 Å². The average molecular weight is 423 g/mol. The fourth-order valence-electron chi connectivity index (χ4n) is 3.59. The Morgan fingerprint density at radius 2 is 2.00 bits per heavy atom. The number of amides is 4. The minimum absolute atomic E-state index is 0.0494. The van der Waals surface area contributed by atoms with Crippen molar-refractivity contribution in [1.29, 1.82) is 0 Å². The molecule has 1 aliphatic heterocycles. The van der Waals surface area contributed by atoms with Crippen LogP contribution in [0, 0.1) is 12.3 Å². The van der Waals surface area contributed by atoms with Crippen molar-refractivity contribution in [2.75, 3.05) is 26.0 Å². The lowest BCUT2D eigenvalue weighted by Crippen LogP contribution is -2.37. The number of likely N-dealkylation sites (tertiary alicyclic amines) is 1. The number of pyridine rings is 2. The largest absolute Gasteiger partial charge is 0.455 e. The third-order valence-corrected chi connectivity index (χ3v) is 5.73. The molecule has 2 fully saturated rings. The van der Waals surface area contributed by atoms with E-state index in [0.717, 1.165) is 19.3 Å². The molecule has 162 valence electrons. The summed E-state index contributed by atoms with van der Waals surface area (Å²) in [5, 5.41) is 2.70. The van der Waals surface area contributed by atoms with Crippen LogP contribution in [0.3, 0.4) is 0 Å². The minimum Gasteiger partial charge on any atom is -0.455 e. The van der Waals surface area contributed by atoms with Gasteiger partial charge in [-0.25, -0.2) is 9.78 Å². The van der Waals surface area contributed by atoms with Crippen molar-refractivity contribution >= 4 is 23.7 Å². The summed E-state index contributed by atoms with van der Waals surface area (Å²) in [6, 6.07) is 6.30. The number of nitrogens with zero attached hydrogens (tertiary/aromatic N) is 4. The highest BCUT2D eigenvalue weighted by atomic mass is 16.5. The molecule has 1 saturated carbocycles. The highest BCUT2D eigenvalue weighted by molar-refractivity contribution is 6.05. The number of hydrogen-bond donors (Lipinski definition) is 1. The second-order valence-corrected chi connectivity index (χ2v) is 8.25. The number of aromatic nitrogens is 2. The lowest BCUT2D eigenvalue weighted by atomic mass is 10.1. The van der Waals surface area contributed by atoms with E-state index in [1.54, 1.807) is 51.5 Å². The first kappa shape index (κ1) is 20.8. The standard InChI is InChI=1S/C22H25N5O4/c1-14-17(31-16-6-10-23-15(12-16)13-19(28)26(2)3)4-5-18(24-14)25-21(30)27-11-9-22(7-8-22)20(27)29/h4-6,10,12H,7-9,11,13H2,1-3H3,(H,24,25,30). The third kappa shape index (κ3) is 4.35. The van der Waals surface area contributed by atoms with E-state index in [9.17, 15) is 14.4 Å². The molecule has 1 N–H and O–H groups in total. The molecule has 0 unspecified atom stereocenters. The van der Waals surface area contributed by atoms with Crippen molar-refractivity contribution in [1.82, 2.24) is 19.8 Å². The van der Waals surface area contributed by atoms with Gasteiger partial charge < -0.3 is 9.64 Å². The van der Waals surface area contributed by atoms with Crippen molar-refractivity contribution < 1.29 is 19.1 Å². The van der Waals surface area contributed by atoms with Gasteiger partial charge in [0.2, 0.25) is 11.8 Å². The molecule has 2 aromatic heterocycles. The van der Waals surface area contributed by atoms with Gasteiger partial charge in [-0.3, -0.25) is 24.8 Å². The van der Waals surface area contributed by atoms with Crippen molar-refractivity contribution in [3.63, 3.8) is 0 Å². The number of imide groups is 1. The second-order valence-electron chi connectivity index (χ2n) is 8.25. The van der Waals surface area contributed by atoms with E-state index in [4.69, 9.17) is 4.74 Å². The van der Waals surface area contributed by atoms with Crippen LogP contribution < -0.4 is 10.1 Å². The van der Waals surface area contributed by atoms with Gasteiger partial charge in [0, 0.05) is 32.9 Å². The Bertz CT molecular complexity index is 1050. The predicted molar refractivity (Wildman–Crippen MR) is 113 cm³/mol. The zero-order valence-corrected chi connectivity index (χ0v) is 17.8. The summed E-state index contributed by atoms with van der Waals surface area (Å²) < 4.78 is 5.90. The summed E-state index contributed by atoms with van der Waals surface area (Å²) in [6.07, 6.45) is 4.26. The van der Waals surface area contributed by atoms with Gasteiger partial charge >= 0.3 is 6.03 Å². The monoisotopic (exact) mass is 423 g/mol. The van der Waals surface area contributed by atoms with Crippen molar-refractivity contribution in [2.24, 2.45) is 5.41 Å². The van der Waals surface area contributed by atoms with Crippen LogP contribution in [0.2, 0.25) is 0 Å². The molecule has 0 radical (unpaired) electrons. The molecular formula is C22H25N5O4. The number of nitrogens with one attached hydrogen (secondary N) is 1. The quantitative estimate of drug-likeness (QED) is 0.793. The Labute approximate surface area is 180 Å². The van der Waals surface area contributed by atoms with E-state index in [1.165, 1.54) is 9.80 Å². The van der Waals surface area contributed by atoms with Crippen LogP contribution in [-0.2, 0) is 16.0 Å². The predicted octanol–water partition coefficient (Wildman–Crippen LogP) is 2.75. The summed E-state index contributed by atoms with van der Waals surface area (Å²) in [6.45, 7) is 2.22. The second kappa shape index (κ2) is 7.98. The molecule has 0 aromatic carbocycles. The van der Waals surface area contributed by atoms with Crippen LogP contribution in [0.4, 0.5) is 10.6 Å². The molecule has 1 spiro atoms. The number of ether oxygens (including phenoxy) is 1.